The highest BCUT2D eigenvalue weighted by atomic mass is 32.2. The minimum absolute atomic E-state index is 0.149. The molecule has 0 radical (unpaired) electrons. The quantitative estimate of drug-likeness (QED) is 0.679. The van der Waals surface area contributed by atoms with E-state index in [2.05, 4.69) is 5.32 Å². The molecule has 5 nitrogen and oxygen atoms in total. The second kappa shape index (κ2) is 4.78. The highest BCUT2D eigenvalue weighted by Crippen LogP contribution is 2.10. The van der Waals surface area contributed by atoms with Crippen molar-refractivity contribution in [3.05, 3.63) is 0 Å². The van der Waals surface area contributed by atoms with Crippen molar-refractivity contribution in [2.75, 3.05) is 31.9 Å². The number of piperazine rings is 1. The maximum absolute atomic E-state index is 11.9. The van der Waals surface area contributed by atoms with E-state index in [1.165, 1.54) is 0 Å². The Bertz CT molecular complexity index is 289. The van der Waals surface area contributed by atoms with Crippen molar-refractivity contribution in [1.82, 2.24) is 9.62 Å². The zero-order chi connectivity index (χ0) is 11.5. The Morgan fingerprint density at radius 2 is 1.87 bits per heavy atom. The van der Waals surface area contributed by atoms with Crippen molar-refractivity contribution in [3.63, 3.8) is 0 Å². The molecule has 0 aromatic heterocycles. The summed E-state index contributed by atoms with van der Waals surface area (Å²) in [5.41, 5.74) is 5.36. The van der Waals surface area contributed by atoms with E-state index in [0.717, 1.165) is 13.1 Å². The molecule has 1 saturated heterocycles. The van der Waals surface area contributed by atoms with Crippen LogP contribution in [0.5, 0.6) is 0 Å². The van der Waals surface area contributed by atoms with Crippen LogP contribution >= 0.6 is 0 Å². The van der Waals surface area contributed by atoms with Crippen molar-refractivity contribution < 1.29 is 8.42 Å². The molecule has 0 bridgehead atoms. The summed E-state index contributed by atoms with van der Waals surface area (Å²) in [6.45, 7) is 6.33. The summed E-state index contributed by atoms with van der Waals surface area (Å²) in [7, 11) is -3.10. The van der Waals surface area contributed by atoms with Crippen LogP contribution in [0, 0.1) is 0 Å². The van der Waals surface area contributed by atoms with Gasteiger partial charge in [0.25, 0.3) is 0 Å². The smallest absolute Gasteiger partial charge is 0.214 e. The predicted molar refractivity (Wildman–Crippen MR) is 61.1 cm³/mol. The van der Waals surface area contributed by atoms with Crippen molar-refractivity contribution in [2.45, 2.75) is 25.8 Å². The number of hydrogen-bond donors (Lipinski definition) is 2. The van der Waals surface area contributed by atoms with Gasteiger partial charge in [0.05, 0.1) is 5.75 Å². The molecule has 0 atom stereocenters. The van der Waals surface area contributed by atoms with E-state index in [0.29, 0.717) is 19.5 Å². The summed E-state index contributed by atoms with van der Waals surface area (Å²) < 4.78 is 25.3. The Hall–Kier alpha value is -0.170. The second-order valence-corrected chi connectivity index (χ2v) is 6.79. The SMILES string of the molecule is CC(C)(N)CCS(=O)(=O)N1CCNCC1. The first-order valence-electron chi connectivity index (χ1n) is 5.29. The molecule has 1 aliphatic rings. The van der Waals surface area contributed by atoms with Crippen molar-refractivity contribution >= 4 is 10.0 Å². The molecule has 0 amide bonds. The van der Waals surface area contributed by atoms with E-state index < -0.39 is 15.6 Å². The topological polar surface area (TPSA) is 75.4 Å². The van der Waals surface area contributed by atoms with Crippen LogP contribution in [0.1, 0.15) is 20.3 Å². The standard InChI is InChI=1S/C9H21N3O2S/c1-9(2,10)3-8-15(13,14)12-6-4-11-5-7-12/h11H,3-8,10H2,1-2H3. The van der Waals surface area contributed by atoms with Crippen LogP contribution in [0.3, 0.4) is 0 Å². The van der Waals surface area contributed by atoms with Crippen LogP contribution in [0.4, 0.5) is 0 Å². The number of hydrogen-bond acceptors (Lipinski definition) is 4. The summed E-state index contributed by atoms with van der Waals surface area (Å²) in [4.78, 5) is 0. The lowest BCUT2D eigenvalue weighted by atomic mass is 10.0. The molecular formula is C9H21N3O2S. The summed E-state index contributed by atoms with van der Waals surface area (Å²) >= 11 is 0. The Morgan fingerprint density at radius 1 is 1.33 bits per heavy atom. The lowest BCUT2D eigenvalue weighted by Crippen LogP contribution is -2.48. The third-order valence-electron chi connectivity index (χ3n) is 2.47. The largest absolute Gasteiger partial charge is 0.326 e. The summed E-state index contributed by atoms with van der Waals surface area (Å²) in [5, 5.41) is 3.13. The van der Waals surface area contributed by atoms with Gasteiger partial charge in [-0.2, -0.15) is 4.31 Å². The Morgan fingerprint density at radius 3 is 2.33 bits per heavy atom. The van der Waals surface area contributed by atoms with Gasteiger partial charge in [-0.1, -0.05) is 0 Å². The van der Waals surface area contributed by atoms with Gasteiger partial charge < -0.3 is 11.1 Å². The van der Waals surface area contributed by atoms with Gasteiger partial charge >= 0.3 is 0 Å². The van der Waals surface area contributed by atoms with Gasteiger partial charge in [-0.15, -0.1) is 0 Å². The first-order chi connectivity index (χ1) is 6.81. The van der Waals surface area contributed by atoms with Gasteiger partial charge in [-0.05, 0) is 20.3 Å². The number of nitrogens with two attached hydrogens (primary N) is 1. The van der Waals surface area contributed by atoms with Gasteiger partial charge in [-0.25, -0.2) is 8.42 Å². The van der Waals surface area contributed by atoms with Crippen LogP contribution in [-0.4, -0.2) is 50.2 Å². The predicted octanol–water partition coefficient (Wildman–Crippen LogP) is -0.651. The Kier molecular flexibility index (Phi) is 4.11. The van der Waals surface area contributed by atoms with Gasteiger partial charge in [-0.3, -0.25) is 0 Å². The molecule has 3 N–H and O–H groups in total. The third-order valence-corrected chi connectivity index (χ3v) is 4.35. The molecule has 1 aliphatic heterocycles. The Labute approximate surface area is 92.1 Å². The van der Waals surface area contributed by atoms with E-state index in [-0.39, 0.29) is 5.75 Å². The number of nitrogens with zero attached hydrogens (tertiary/aromatic N) is 1. The normalized spacial score (nSPS) is 20.5. The molecule has 1 rings (SSSR count). The fourth-order valence-electron chi connectivity index (χ4n) is 1.44. The maximum Gasteiger partial charge on any atom is 0.214 e. The number of rotatable bonds is 4. The molecule has 90 valence electrons. The molecule has 0 unspecified atom stereocenters. The Balaban J connectivity index is 2.51. The zero-order valence-corrected chi connectivity index (χ0v) is 10.3. The van der Waals surface area contributed by atoms with Crippen molar-refractivity contribution in [1.29, 1.82) is 0 Å². The lowest BCUT2D eigenvalue weighted by Gasteiger charge is -2.28. The average Bonchev–Trinajstić information content (AvgIpc) is 2.16. The van der Waals surface area contributed by atoms with Crippen LogP contribution in [-0.2, 0) is 10.0 Å². The van der Waals surface area contributed by atoms with E-state index in [4.69, 9.17) is 5.73 Å². The van der Waals surface area contributed by atoms with Gasteiger partial charge in [0.2, 0.25) is 10.0 Å². The zero-order valence-electron chi connectivity index (χ0n) is 9.49. The molecule has 15 heavy (non-hydrogen) atoms. The fourth-order valence-corrected chi connectivity index (χ4v) is 3.22. The summed E-state index contributed by atoms with van der Waals surface area (Å²) in [5.74, 6) is 0.149. The van der Waals surface area contributed by atoms with Crippen molar-refractivity contribution in [2.24, 2.45) is 5.73 Å². The highest BCUT2D eigenvalue weighted by Gasteiger charge is 2.25. The highest BCUT2D eigenvalue weighted by molar-refractivity contribution is 7.89. The van der Waals surface area contributed by atoms with Gasteiger partial charge in [0.15, 0.2) is 0 Å². The van der Waals surface area contributed by atoms with E-state index in [1.807, 2.05) is 13.8 Å². The molecule has 0 aromatic rings. The van der Waals surface area contributed by atoms with Gasteiger partial charge in [0, 0.05) is 31.7 Å². The van der Waals surface area contributed by atoms with E-state index >= 15 is 0 Å². The molecule has 0 spiro atoms. The molecule has 0 saturated carbocycles. The minimum Gasteiger partial charge on any atom is -0.326 e. The second-order valence-electron chi connectivity index (χ2n) is 4.70. The molecule has 6 heteroatoms. The van der Waals surface area contributed by atoms with Crippen LogP contribution in [0.25, 0.3) is 0 Å². The van der Waals surface area contributed by atoms with Crippen LogP contribution in [0.2, 0.25) is 0 Å². The third kappa shape index (κ3) is 4.46. The average molecular weight is 235 g/mol. The molecule has 1 fully saturated rings. The molecule has 0 aliphatic carbocycles. The van der Waals surface area contributed by atoms with Crippen molar-refractivity contribution in [3.8, 4) is 0 Å². The fraction of sp³-hybridized carbons (Fsp3) is 1.00. The summed E-state index contributed by atoms with van der Waals surface area (Å²) in [6, 6.07) is 0. The molecule has 0 aromatic carbocycles. The number of sulfonamides is 1. The minimum atomic E-state index is -3.10. The van der Waals surface area contributed by atoms with Gasteiger partial charge in [0.1, 0.15) is 0 Å². The van der Waals surface area contributed by atoms with E-state index in [9.17, 15) is 8.42 Å². The van der Waals surface area contributed by atoms with Crippen LogP contribution in [0.15, 0.2) is 0 Å². The number of nitrogens with one attached hydrogen (secondary N) is 1. The maximum atomic E-state index is 11.9. The summed E-state index contributed by atoms with van der Waals surface area (Å²) in [6.07, 6.45) is 0.499. The first kappa shape index (κ1) is 12.9. The molecular weight excluding hydrogens is 214 g/mol. The molecule has 1 heterocycles. The van der Waals surface area contributed by atoms with Crippen LogP contribution < -0.4 is 11.1 Å². The van der Waals surface area contributed by atoms with E-state index in [1.54, 1.807) is 4.31 Å². The monoisotopic (exact) mass is 235 g/mol. The lowest BCUT2D eigenvalue weighted by molar-refractivity contribution is 0.357. The first-order valence-corrected chi connectivity index (χ1v) is 6.90.